The summed E-state index contributed by atoms with van der Waals surface area (Å²) < 4.78 is 5.48. The molecule has 186 valence electrons. The molecular formula is C28H36N4O3. The average Bonchev–Trinajstić information content (AvgIpc) is 2.75. The molecular weight excluding hydrogens is 440 g/mol. The molecule has 0 fully saturated rings. The zero-order chi connectivity index (χ0) is 25.8. The zero-order valence-electron chi connectivity index (χ0n) is 21.5. The summed E-state index contributed by atoms with van der Waals surface area (Å²) in [5.74, 6) is -0.0564. The predicted octanol–water partition coefficient (Wildman–Crippen LogP) is 5.33. The number of primary amides is 1. The first-order valence-electron chi connectivity index (χ1n) is 11.9. The van der Waals surface area contributed by atoms with Crippen LogP contribution in [-0.2, 0) is 22.5 Å². The average molecular weight is 477 g/mol. The summed E-state index contributed by atoms with van der Waals surface area (Å²) >= 11 is 0. The molecule has 1 aromatic heterocycles. The predicted molar refractivity (Wildman–Crippen MR) is 141 cm³/mol. The number of anilines is 1. The van der Waals surface area contributed by atoms with Crippen LogP contribution in [0.4, 0.5) is 10.5 Å². The Morgan fingerprint density at radius 1 is 1.09 bits per heavy atom. The monoisotopic (exact) mass is 476 g/mol. The van der Waals surface area contributed by atoms with Gasteiger partial charge >= 0.3 is 6.09 Å². The molecule has 0 unspecified atom stereocenters. The molecule has 0 bridgehead atoms. The number of nitrogens with one attached hydrogen (secondary N) is 2. The van der Waals surface area contributed by atoms with Gasteiger partial charge in [-0.25, -0.2) is 4.79 Å². The molecule has 0 radical (unpaired) electrons. The second-order valence-electron chi connectivity index (χ2n) is 10.3. The molecule has 7 nitrogen and oxygen atoms in total. The van der Waals surface area contributed by atoms with Crippen LogP contribution in [0.3, 0.4) is 0 Å². The van der Waals surface area contributed by atoms with Crippen LogP contribution < -0.4 is 16.4 Å². The van der Waals surface area contributed by atoms with Gasteiger partial charge in [0.1, 0.15) is 5.60 Å². The van der Waals surface area contributed by atoms with E-state index in [-0.39, 0.29) is 13.1 Å². The van der Waals surface area contributed by atoms with E-state index >= 15 is 0 Å². The van der Waals surface area contributed by atoms with Crippen molar-refractivity contribution in [3.63, 3.8) is 0 Å². The van der Waals surface area contributed by atoms with E-state index in [2.05, 4.69) is 55.7 Å². The van der Waals surface area contributed by atoms with Gasteiger partial charge in [0.05, 0.1) is 12.1 Å². The van der Waals surface area contributed by atoms with Crippen LogP contribution in [-0.4, -0.2) is 29.1 Å². The smallest absolute Gasteiger partial charge is 0.407 e. The minimum atomic E-state index is -0.590. The Labute approximate surface area is 207 Å². The van der Waals surface area contributed by atoms with Crippen LogP contribution in [0.25, 0.3) is 22.0 Å². The highest BCUT2D eigenvalue weighted by molar-refractivity contribution is 5.98. The van der Waals surface area contributed by atoms with Crippen molar-refractivity contribution in [2.75, 3.05) is 11.9 Å². The molecule has 0 saturated carbocycles. The number of aryl methyl sites for hydroxylation is 1. The Morgan fingerprint density at radius 2 is 1.77 bits per heavy atom. The molecule has 0 aliphatic rings. The van der Waals surface area contributed by atoms with Crippen molar-refractivity contribution in [1.29, 1.82) is 0 Å². The summed E-state index contributed by atoms with van der Waals surface area (Å²) in [5.41, 5.74) is 11.4. The quantitative estimate of drug-likeness (QED) is 0.407. The van der Waals surface area contributed by atoms with Crippen LogP contribution in [0.2, 0.25) is 0 Å². The molecule has 2 amide bonds. The van der Waals surface area contributed by atoms with Gasteiger partial charge in [-0.3, -0.25) is 9.78 Å². The maximum Gasteiger partial charge on any atom is 0.407 e. The van der Waals surface area contributed by atoms with Crippen LogP contribution in [0.1, 0.15) is 51.4 Å². The van der Waals surface area contributed by atoms with Crippen molar-refractivity contribution in [2.45, 2.75) is 60.1 Å². The van der Waals surface area contributed by atoms with Gasteiger partial charge in [-0.1, -0.05) is 43.7 Å². The molecule has 2 aromatic carbocycles. The van der Waals surface area contributed by atoms with Gasteiger partial charge < -0.3 is 21.1 Å². The number of carbonyl (C=O) groups excluding carboxylic acids is 2. The van der Waals surface area contributed by atoms with Gasteiger partial charge in [0.15, 0.2) is 0 Å². The highest BCUT2D eigenvalue weighted by Crippen LogP contribution is 2.35. The highest BCUT2D eigenvalue weighted by Gasteiger charge is 2.21. The van der Waals surface area contributed by atoms with Crippen molar-refractivity contribution >= 4 is 28.6 Å². The molecule has 3 aromatic rings. The Bertz CT molecular complexity index is 1210. The molecule has 0 spiro atoms. The minimum absolute atomic E-state index is 0.0390. The van der Waals surface area contributed by atoms with Gasteiger partial charge in [0.2, 0.25) is 5.91 Å². The van der Waals surface area contributed by atoms with Crippen molar-refractivity contribution in [3.05, 3.63) is 59.3 Å². The number of rotatable bonds is 8. The topological polar surface area (TPSA) is 106 Å². The van der Waals surface area contributed by atoms with E-state index in [1.165, 1.54) is 0 Å². The third-order valence-corrected chi connectivity index (χ3v) is 5.39. The lowest BCUT2D eigenvalue weighted by molar-refractivity contribution is -0.116. The summed E-state index contributed by atoms with van der Waals surface area (Å²) in [6.45, 7) is 12.2. The number of nitrogens with zero attached hydrogens (tertiary/aromatic N) is 1. The van der Waals surface area contributed by atoms with Gasteiger partial charge in [-0.05, 0) is 69.4 Å². The summed E-state index contributed by atoms with van der Waals surface area (Å²) in [6.07, 6.45) is 0.293. The summed E-state index contributed by atoms with van der Waals surface area (Å²) in [4.78, 5) is 28.8. The molecule has 7 heteroatoms. The van der Waals surface area contributed by atoms with E-state index in [1.54, 1.807) is 0 Å². The summed E-state index contributed by atoms with van der Waals surface area (Å²) in [7, 11) is 0. The van der Waals surface area contributed by atoms with E-state index in [0.717, 1.165) is 51.0 Å². The maximum atomic E-state index is 12.5. The maximum absolute atomic E-state index is 12.5. The van der Waals surface area contributed by atoms with Crippen LogP contribution in [0.5, 0.6) is 0 Å². The highest BCUT2D eigenvalue weighted by atomic mass is 16.6. The third kappa shape index (κ3) is 7.18. The van der Waals surface area contributed by atoms with Crippen molar-refractivity contribution in [2.24, 2.45) is 11.7 Å². The van der Waals surface area contributed by atoms with Crippen molar-refractivity contribution in [3.8, 4) is 11.1 Å². The number of alkyl carbamates (subject to hydrolysis) is 1. The van der Waals surface area contributed by atoms with E-state index < -0.39 is 17.6 Å². The molecule has 35 heavy (non-hydrogen) atoms. The molecule has 0 saturated heterocycles. The first-order valence-corrected chi connectivity index (χ1v) is 11.9. The number of hydrogen-bond donors (Lipinski definition) is 3. The molecule has 0 aliphatic heterocycles. The first-order chi connectivity index (χ1) is 16.4. The van der Waals surface area contributed by atoms with Gasteiger partial charge in [0.25, 0.3) is 0 Å². The largest absolute Gasteiger partial charge is 0.444 e. The number of amides is 2. The number of nitrogens with two attached hydrogens (primary N) is 1. The van der Waals surface area contributed by atoms with Gasteiger partial charge in [-0.2, -0.15) is 0 Å². The lowest BCUT2D eigenvalue weighted by atomic mass is 9.91. The Kier molecular flexibility index (Phi) is 7.99. The summed E-state index contributed by atoms with van der Waals surface area (Å²) in [5, 5.41) is 6.93. The number of fused-ring (bicyclic) bond motifs is 1. The van der Waals surface area contributed by atoms with E-state index in [1.807, 2.05) is 39.0 Å². The number of benzene rings is 2. The van der Waals surface area contributed by atoms with Crippen molar-refractivity contribution < 1.29 is 14.3 Å². The second-order valence-corrected chi connectivity index (χ2v) is 10.3. The standard InChI is InChI=1S/C28H36N4O3/c1-17(2)13-24-22(15-31-27(34)35-28(4,5)6)26(19-9-7-18(3)8-10-19)21-14-20(30-16-25(29)33)11-12-23(21)32-24/h7-12,14,17,30H,13,15-16H2,1-6H3,(H2,29,33)(H,31,34). The van der Waals surface area contributed by atoms with Crippen LogP contribution >= 0.6 is 0 Å². The lowest BCUT2D eigenvalue weighted by Crippen LogP contribution is -2.32. The van der Waals surface area contributed by atoms with E-state index in [0.29, 0.717) is 5.92 Å². The zero-order valence-corrected chi connectivity index (χ0v) is 21.5. The molecule has 0 aliphatic carbocycles. The first kappa shape index (κ1) is 26.0. The number of hydrogen-bond acceptors (Lipinski definition) is 5. The van der Waals surface area contributed by atoms with E-state index in [4.69, 9.17) is 15.5 Å². The fourth-order valence-corrected chi connectivity index (χ4v) is 3.92. The molecule has 0 atom stereocenters. The molecule has 3 rings (SSSR count). The fourth-order valence-electron chi connectivity index (χ4n) is 3.92. The Balaban J connectivity index is 2.19. The minimum Gasteiger partial charge on any atom is -0.444 e. The Hall–Kier alpha value is -3.61. The summed E-state index contributed by atoms with van der Waals surface area (Å²) in [6, 6.07) is 14.2. The van der Waals surface area contributed by atoms with Crippen LogP contribution in [0.15, 0.2) is 42.5 Å². The molecule has 1 heterocycles. The van der Waals surface area contributed by atoms with E-state index in [9.17, 15) is 9.59 Å². The van der Waals surface area contributed by atoms with Gasteiger partial charge in [0, 0.05) is 28.9 Å². The normalized spacial score (nSPS) is 11.5. The SMILES string of the molecule is Cc1ccc(-c2c(CNC(=O)OC(C)(C)C)c(CC(C)C)nc3ccc(NCC(N)=O)cc23)cc1. The Morgan fingerprint density at radius 3 is 2.37 bits per heavy atom. The fraction of sp³-hybridized carbons (Fsp3) is 0.393. The second kappa shape index (κ2) is 10.8. The van der Waals surface area contributed by atoms with Crippen molar-refractivity contribution in [1.82, 2.24) is 10.3 Å². The molecule has 4 N–H and O–H groups in total. The number of carbonyl (C=O) groups is 2. The van der Waals surface area contributed by atoms with Crippen LogP contribution in [0, 0.1) is 12.8 Å². The lowest BCUT2D eigenvalue weighted by Gasteiger charge is -2.22. The third-order valence-electron chi connectivity index (χ3n) is 5.39. The number of pyridine rings is 1. The number of aromatic nitrogens is 1. The number of ether oxygens (including phenoxy) is 1. The van der Waals surface area contributed by atoms with Gasteiger partial charge in [-0.15, -0.1) is 0 Å².